The highest BCUT2D eigenvalue weighted by atomic mass is 16.5. The first kappa shape index (κ1) is 12.1. The minimum absolute atomic E-state index is 0.0893. The number of hydrogen-bond donors (Lipinski definition) is 1. The van der Waals surface area contributed by atoms with E-state index in [0.717, 1.165) is 22.8 Å². The Morgan fingerprint density at radius 3 is 2.60 bits per heavy atom. The summed E-state index contributed by atoms with van der Waals surface area (Å²) in [6, 6.07) is 5.93. The smallest absolute Gasteiger partial charge is 0.122 e. The van der Waals surface area contributed by atoms with Gasteiger partial charge < -0.3 is 9.84 Å². The van der Waals surface area contributed by atoms with Crippen LogP contribution in [0.5, 0.6) is 5.75 Å². The summed E-state index contributed by atoms with van der Waals surface area (Å²) in [7, 11) is 0. The maximum atomic E-state index is 9.11. The minimum Gasteiger partial charge on any atom is -0.491 e. The van der Waals surface area contributed by atoms with E-state index in [4.69, 9.17) is 9.84 Å². The molecule has 0 fully saturated rings. The zero-order valence-corrected chi connectivity index (χ0v) is 9.87. The summed E-state index contributed by atoms with van der Waals surface area (Å²) in [6.07, 6.45) is 0.174. The van der Waals surface area contributed by atoms with Crippen LogP contribution in [0, 0.1) is 12.8 Å². The van der Waals surface area contributed by atoms with Crippen LogP contribution in [-0.2, 0) is 0 Å². The van der Waals surface area contributed by atoms with Crippen LogP contribution < -0.4 is 4.74 Å². The van der Waals surface area contributed by atoms with Crippen molar-refractivity contribution in [2.45, 2.75) is 33.8 Å². The number of rotatable bonds is 4. The van der Waals surface area contributed by atoms with Gasteiger partial charge in [0.15, 0.2) is 0 Å². The Hall–Kier alpha value is -1.02. The lowest BCUT2D eigenvalue weighted by atomic mass is 9.96. The summed E-state index contributed by atoms with van der Waals surface area (Å²) in [4.78, 5) is 0. The molecule has 0 saturated heterocycles. The van der Waals surface area contributed by atoms with Gasteiger partial charge in [0.05, 0.1) is 12.7 Å². The van der Waals surface area contributed by atoms with Crippen LogP contribution in [0.3, 0.4) is 0 Å². The van der Waals surface area contributed by atoms with Crippen molar-refractivity contribution in [1.82, 2.24) is 0 Å². The molecule has 2 heteroatoms. The third kappa shape index (κ3) is 2.96. The van der Waals surface area contributed by atoms with Crippen molar-refractivity contribution in [2.75, 3.05) is 6.61 Å². The van der Waals surface area contributed by atoms with Crippen LogP contribution in [0.25, 0.3) is 0 Å². The van der Waals surface area contributed by atoms with Gasteiger partial charge in [0.1, 0.15) is 5.75 Å². The van der Waals surface area contributed by atoms with E-state index in [1.54, 1.807) is 0 Å². The van der Waals surface area contributed by atoms with Gasteiger partial charge in [0, 0.05) is 5.92 Å². The van der Waals surface area contributed by atoms with Crippen LogP contribution in [0.4, 0.5) is 0 Å². The first-order chi connectivity index (χ1) is 7.06. The van der Waals surface area contributed by atoms with Gasteiger partial charge in [-0.25, -0.2) is 0 Å². The van der Waals surface area contributed by atoms with E-state index in [0.29, 0.717) is 0 Å². The SMILES string of the molecule is C[C](CO)c1cccc(OC(C)C)c1C. The lowest BCUT2D eigenvalue weighted by molar-refractivity contribution is 0.240. The first-order valence-corrected chi connectivity index (χ1v) is 5.26. The number of ether oxygens (including phenoxy) is 1. The van der Waals surface area contributed by atoms with Crippen molar-refractivity contribution in [3.8, 4) is 5.75 Å². The Labute approximate surface area is 91.9 Å². The normalized spacial score (nSPS) is 11.1. The molecule has 0 spiro atoms. The summed E-state index contributed by atoms with van der Waals surface area (Å²) in [6.45, 7) is 8.06. The summed E-state index contributed by atoms with van der Waals surface area (Å²) < 4.78 is 5.69. The second-order valence-electron chi connectivity index (χ2n) is 4.03. The van der Waals surface area contributed by atoms with Gasteiger partial charge in [0.25, 0.3) is 0 Å². The van der Waals surface area contributed by atoms with Gasteiger partial charge in [0.2, 0.25) is 0 Å². The molecule has 0 atom stereocenters. The largest absolute Gasteiger partial charge is 0.491 e. The summed E-state index contributed by atoms with van der Waals surface area (Å²) in [5.41, 5.74) is 2.17. The van der Waals surface area contributed by atoms with Crippen LogP contribution in [-0.4, -0.2) is 17.8 Å². The van der Waals surface area contributed by atoms with Gasteiger partial charge in [-0.15, -0.1) is 0 Å². The Morgan fingerprint density at radius 2 is 2.07 bits per heavy atom. The molecule has 0 amide bonds. The predicted octanol–water partition coefficient (Wildman–Crippen LogP) is 2.72. The fourth-order valence-electron chi connectivity index (χ4n) is 1.54. The van der Waals surface area contributed by atoms with Gasteiger partial charge in [-0.05, 0) is 38.0 Å². The molecule has 1 N–H and O–H groups in total. The van der Waals surface area contributed by atoms with Crippen molar-refractivity contribution < 1.29 is 9.84 Å². The Balaban J connectivity index is 3.00. The van der Waals surface area contributed by atoms with Gasteiger partial charge in [-0.1, -0.05) is 19.1 Å². The monoisotopic (exact) mass is 207 g/mol. The molecule has 83 valence electrons. The molecule has 1 aromatic rings. The van der Waals surface area contributed by atoms with Crippen molar-refractivity contribution in [2.24, 2.45) is 0 Å². The Bertz CT molecular complexity index is 318. The zero-order chi connectivity index (χ0) is 11.4. The van der Waals surface area contributed by atoms with Crippen LogP contribution in [0.15, 0.2) is 18.2 Å². The van der Waals surface area contributed by atoms with Crippen molar-refractivity contribution in [3.63, 3.8) is 0 Å². The quantitative estimate of drug-likeness (QED) is 0.822. The molecule has 1 rings (SSSR count). The highest BCUT2D eigenvalue weighted by Gasteiger charge is 2.11. The molecular formula is C13H19O2. The lowest BCUT2D eigenvalue weighted by Crippen LogP contribution is -2.09. The van der Waals surface area contributed by atoms with Crippen molar-refractivity contribution in [3.05, 3.63) is 35.2 Å². The third-order valence-corrected chi connectivity index (χ3v) is 2.34. The second kappa shape index (κ2) is 5.17. The molecule has 1 radical (unpaired) electrons. The van der Waals surface area contributed by atoms with Crippen molar-refractivity contribution in [1.29, 1.82) is 0 Å². The van der Waals surface area contributed by atoms with E-state index in [1.165, 1.54) is 0 Å². The Morgan fingerprint density at radius 1 is 1.40 bits per heavy atom. The van der Waals surface area contributed by atoms with Crippen LogP contribution in [0.2, 0.25) is 0 Å². The number of aliphatic hydroxyl groups excluding tert-OH is 1. The van der Waals surface area contributed by atoms with E-state index >= 15 is 0 Å². The average Bonchev–Trinajstić information content (AvgIpc) is 2.19. The van der Waals surface area contributed by atoms with Crippen molar-refractivity contribution >= 4 is 0 Å². The van der Waals surface area contributed by atoms with E-state index in [-0.39, 0.29) is 12.7 Å². The zero-order valence-electron chi connectivity index (χ0n) is 9.87. The molecule has 0 bridgehead atoms. The van der Waals surface area contributed by atoms with E-state index in [1.807, 2.05) is 45.9 Å². The van der Waals surface area contributed by atoms with Crippen LogP contribution in [0.1, 0.15) is 31.9 Å². The molecule has 0 unspecified atom stereocenters. The molecule has 0 saturated carbocycles. The second-order valence-corrected chi connectivity index (χ2v) is 4.03. The molecule has 0 heterocycles. The van der Waals surface area contributed by atoms with Gasteiger partial charge in [-0.3, -0.25) is 0 Å². The molecule has 2 nitrogen and oxygen atoms in total. The topological polar surface area (TPSA) is 29.5 Å². The number of hydrogen-bond acceptors (Lipinski definition) is 2. The standard InChI is InChI=1S/C13H19O2/c1-9(2)15-13-7-5-6-12(11(13)4)10(3)8-14/h5-7,9,14H,8H2,1-4H3. The minimum atomic E-state index is 0.0893. The van der Waals surface area contributed by atoms with E-state index in [9.17, 15) is 0 Å². The fourth-order valence-corrected chi connectivity index (χ4v) is 1.54. The number of benzene rings is 1. The maximum absolute atomic E-state index is 9.11. The predicted molar refractivity (Wildman–Crippen MR) is 62.0 cm³/mol. The summed E-state index contributed by atoms with van der Waals surface area (Å²) >= 11 is 0. The fraction of sp³-hybridized carbons (Fsp3) is 0.462. The van der Waals surface area contributed by atoms with Gasteiger partial charge >= 0.3 is 0 Å². The molecule has 0 aliphatic carbocycles. The van der Waals surface area contributed by atoms with E-state index < -0.39 is 0 Å². The van der Waals surface area contributed by atoms with E-state index in [2.05, 4.69) is 0 Å². The molecular weight excluding hydrogens is 188 g/mol. The highest BCUT2D eigenvalue weighted by Crippen LogP contribution is 2.27. The third-order valence-electron chi connectivity index (χ3n) is 2.34. The summed E-state index contributed by atoms with van der Waals surface area (Å²) in [5, 5.41) is 9.11. The molecule has 0 aliphatic heterocycles. The molecule has 15 heavy (non-hydrogen) atoms. The molecule has 1 aromatic carbocycles. The number of aliphatic hydroxyl groups is 1. The first-order valence-electron chi connectivity index (χ1n) is 5.26. The maximum Gasteiger partial charge on any atom is 0.122 e. The van der Waals surface area contributed by atoms with Gasteiger partial charge in [-0.2, -0.15) is 0 Å². The molecule has 0 aliphatic rings. The average molecular weight is 207 g/mol. The Kier molecular flexibility index (Phi) is 4.15. The van der Waals surface area contributed by atoms with Crippen LogP contribution >= 0.6 is 0 Å². The molecule has 0 aromatic heterocycles. The lowest BCUT2D eigenvalue weighted by Gasteiger charge is -2.17. The summed E-state index contributed by atoms with van der Waals surface area (Å²) in [5.74, 6) is 1.87. The highest BCUT2D eigenvalue weighted by molar-refractivity contribution is 5.45.